The molecular formula is C28H23N3O2S. The van der Waals surface area contributed by atoms with E-state index in [-0.39, 0.29) is 11.8 Å². The van der Waals surface area contributed by atoms with Crippen molar-refractivity contribution in [2.45, 2.75) is 13.1 Å². The molecule has 2 amide bonds. The summed E-state index contributed by atoms with van der Waals surface area (Å²) in [6.07, 6.45) is 1.69. The monoisotopic (exact) mass is 465 g/mol. The number of para-hydroxylation sites is 1. The van der Waals surface area contributed by atoms with Gasteiger partial charge in [0.2, 0.25) is 0 Å². The van der Waals surface area contributed by atoms with Gasteiger partial charge in [0, 0.05) is 12.1 Å². The summed E-state index contributed by atoms with van der Waals surface area (Å²) in [7, 11) is 0. The van der Waals surface area contributed by atoms with Gasteiger partial charge in [0.25, 0.3) is 11.8 Å². The Kier molecular flexibility index (Phi) is 6.14. The molecule has 0 aromatic heterocycles. The molecule has 3 aromatic carbocycles. The minimum absolute atomic E-state index is 0.180. The summed E-state index contributed by atoms with van der Waals surface area (Å²) in [4.78, 5) is 35.7. The molecule has 1 fully saturated rings. The van der Waals surface area contributed by atoms with E-state index in [0.29, 0.717) is 35.3 Å². The van der Waals surface area contributed by atoms with Crippen molar-refractivity contribution < 1.29 is 9.59 Å². The lowest BCUT2D eigenvalue weighted by Gasteiger charge is -2.16. The van der Waals surface area contributed by atoms with Crippen LogP contribution in [0.2, 0.25) is 0 Å². The van der Waals surface area contributed by atoms with E-state index in [1.165, 1.54) is 11.8 Å². The van der Waals surface area contributed by atoms with Crippen LogP contribution < -0.4 is 4.90 Å². The maximum absolute atomic E-state index is 13.7. The third-order valence-electron chi connectivity index (χ3n) is 5.75. The number of benzene rings is 3. The van der Waals surface area contributed by atoms with Gasteiger partial charge in [-0.1, -0.05) is 84.9 Å². The number of aliphatic imine (C=N–C) groups is 1. The van der Waals surface area contributed by atoms with Crippen LogP contribution in [-0.2, 0) is 22.7 Å². The molecule has 0 spiro atoms. The molecule has 0 atom stereocenters. The van der Waals surface area contributed by atoms with E-state index in [2.05, 4.69) is 6.58 Å². The molecule has 0 saturated carbocycles. The number of hydrogen-bond acceptors (Lipinski definition) is 4. The van der Waals surface area contributed by atoms with Gasteiger partial charge in [0.15, 0.2) is 5.17 Å². The van der Waals surface area contributed by atoms with Gasteiger partial charge < -0.3 is 4.90 Å². The summed E-state index contributed by atoms with van der Waals surface area (Å²) in [5.41, 5.74) is 4.07. The highest BCUT2D eigenvalue weighted by molar-refractivity contribution is 8.18. The molecule has 5 nitrogen and oxygen atoms in total. The van der Waals surface area contributed by atoms with Crippen molar-refractivity contribution >= 4 is 40.0 Å². The molecule has 0 N–H and O–H groups in total. The van der Waals surface area contributed by atoms with Crippen molar-refractivity contribution in [3.63, 3.8) is 0 Å². The number of anilines is 1. The van der Waals surface area contributed by atoms with Crippen molar-refractivity contribution in [3.8, 4) is 0 Å². The van der Waals surface area contributed by atoms with E-state index in [9.17, 15) is 9.59 Å². The zero-order valence-electron chi connectivity index (χ0n) is 18.6. The Labute approximate surface area is 203 Å². The molecule has 2 aliphatic heterocycles. The SMILES string of the molecule is C=CCN1C(=O)/C(=C2/SC(=NCc3ccccc3)N(Cc3ccccc3)C2=O)c2ccccc21. The molecule has 0 unspecified atom stereocenters. The predicted molar refractivity (Wildman–Crippen MR) is 138 cm³/mol. The summed E-state index contributed by atoms with van der Waals surface area (Å²) in [6.45, 7) is 5.01. The zero-order chi connectivity index (χ0) is 23.5. The second kappa shape index (κ2) is 9.53. The maximum atomic E-state index is 13.7. The van der Waals surface area contributed by atoms with Crippen LogP contribution in [0.1, 0.15) is 16.7 Å². The Balaban J connectivity index is 1.57. The number of thioether (sulfide) groups is 1. The van der Waals surface area contributed by atoms with E-state index >= 15 is 0 Å². The fraction of sp³-hybridized carbons (Fsp3) is 0.107. The van der Waals surface area contributed by atoms with Crippen LogP contribution in [0.3, 0.4) is 0 Å². The fourth-order valence-corrected chi connectivity index (χ4v) is 5.20. The average Bonchev–Trinajstić information content (AvgIpc) is 3.32. The van der Waals surface area contributed by atoms with Gasteiger partial charge in [-0.05, 0) is 29.0 Å². The lowest BCUT2D eigenvalue weighted by molar-refractivity contribution is -0.123. The van der Waals surface area contributed by atoms with Crippen molar-refractivity contribution in [1.82, 2.24) is 4.90 Å². The van der Waals surface area contributed by atoms with E-state index in [1.807, 2.05) is 84.9 Å². The number of fused-ring (bicyclic) bond motifs is 1. The molecule has 2 aliphatic rings. The van der Waals surface area contributed by atoms with Crippen molar-refractivity contribution in [3.05, 3.63) is 119 Å². The maximum Gasteiger partial charge on any atom is 0.267 e. The van der Waals surface area contributed by atoms with Crippen LogP contribution in [0.4, 0.5) is 5.69 Å². The first-order valence-corrected chi connectivity index (χ1v) is 11.9. The van der Waals surface area contributed by atoms with Crippen LogP contribution in [-0.4, -0.2) is 28.4 Å². The number of hydrogen-bond donors (Lipinski definition) is 0. The van der Waals surface area contributed by atoms with Crippen molar-refractivity contribution in [1.29, 1.82) is 0 Å². The third kappa shape index (κ3) is 4.08. The highest BCUT2D eigenvalue weighted by Gasteiger charge is 2.42. The standard InChI is InChI=1S/C28H23N3O2S/c1-2-17-30-23-16-10-9-15-22(23)24(26(30)32)25-27(33)31(19-21-13-7-4-8-14-21)28(34-25)29-18-20-11-5-3-6-12-20/h2-16H,1,17-19H2/b25-24+,29-28?. The van der Waals surface area contributed by atoms with E-state index in [4.69, 9.17) is 4.99 Å². The predicted octanol–water partition coefficient (Wildman–Crippen LogP) is 5.26. The van der Waals surface area contributed by atoms with Crippen LogP contribution in [0.5, 0.6) is 0 Å². The van der Waals surface area contributed by atoms with E-state index < -0.39 is 0 Å². The van der Waals surface area contributed by atoms with Gasteiger partial charge in [-0.2, -0.15) is 0 Å². The van der Waals surface area contributed by atoms with Gasteiger partial charge in [0.1, 0.15) is 0 Å². The second-order valence-corrected chi connectivity index (χ2v) is 8.97. The van der Waals surface area contributed by atoms with Gasteiger partial charge >= 0.3 is 0 Å². The Bertz CT molecular complexity index is 1320. The first-order chi connectivity index (χ1) is 16.7. The van der Waals surface area contributed by atoms with E-state index in [1.54, 1.807) is 15.9 Å². The van der Waals surface area contributed by atoms with Gasteiger partial charge in [-0.3, -0.25) is 19.5 Å². The van der Waals surface area contributed by atoms with Gasteiger partial charge in [-0.15, -0.1) is 6.58 Å². The summed E-state index contributed by atoms with van der Waals surface area (Å²) in [6, 6.07) is 27.3. The average molecular weight is 466 g/mol. The number of carbonyl (C=O) groups is 2. The molecule has 2 heterocycles. The lowest BCUT2D eigenvalue weighted by atomic mass is 10.1. The van der Waals surface area contributed by atoms with E-state index in [0.717, 1.165) is 22.4 Å². The first kappa shape index (κ1) is 21.9. The quantitative estimate of drug-likeness (QED) is 0.369. The zero-order valence-corrected chi connectivity index (χ0v) is 19.4. The minimum Gasteiger partial charge on any atom is -0.304 e. The molecule has 168 valence electrons. The van der Waals surface area contributed by atoms with Gasteiger partial charge in [-0.25, -0.2) is 0 Å². The number of rotatable bonds is 6. The topological polar surface area (TPSA) is 53.0 Å². The Morgan fingerprint density at radius 2 is 1.44 bits per heavy atom. The molecule has 1 saturated heterocycles. The number of carbonyl (C=O) groups excluding carboxylic acids is 2. The molecule has 0 aliphatic carbocycles. The molecule has 34 heavy (non-hydrogen) atoms. The summed E-state index contributed by atoms with van der Waals surface area (Å²) < 4.78 is 0. The molecule has 6 heteroatoms. The molecule has 0 bridgehead atoms. The van der Waals surface area contributed by atoms with Crippen LogP contribution >= 0.6 is 11.8 Å². The lowest BCUT2D eigenvalue weighted by Crippen LogP contribution is -2.30. The van der Waals surface area contributed by atoms with Crippen molar-refractivity contribution in [2.75, 3.05) is 11.4 Å². The number of amidine groups is 1. The molecule has 3 aromatic rings. The molecule has 5 rings (SSSR count). The normalized spacial score (nSPS) is 18.6. The fourth-order valence-electron chi connectivity index (χ4n) is 4.13. The Hall–Kier alpha value is -3.90. The minimum atomic E-state index is -0.195. The molecular weight excluding hydrogens is 442 g/mol. The number of amides is 2. The van der Waals surface area contributed by atoms with Crippen molar-refractivity contribution in [2.24, 2.45) is 4.99 Å². The van der Waals surface area contributed by atoms with Crippen LogP contribution in [0, 0.1) is 0 Å². The number of nitrogens with zero attached hydrogens (tertiary/aromatic N) is 3. The second-order valence-electron chi connectivity index (χ2n) is 7.99. The highest BCUT2D eigenvalue weighted by Crippen LogP contribution is 2.44. The largest absolute Gasteiger partial charge is 0.304 e. The molecule has 0 radical (unpaired) electrons. The Morgan fingerprint density at radius 3 is 2.15 bits per heavy atom. The summed E-state index contributed by atoms with van der Waals surface area (Å²) >= 11 is 1.28. The summed E-state index contributed by atoms with van der Waals surface area (Å²) in [5.74, 6) is -0.375. The van der Waals surface area contributed by atoms with Gasteiger partial charge in [0.05, 0.1) is 29.3 Å². The van der Waals surface area contributed by atoms with Crippen LogP contribution in [0.25, 0.3) is 5.57 Å². The summed E-state index contributed by atoms with van der Waals surface area (Å²) in [5, 5.41) is 0.604. The van der Waals surface area contributed by atoms with Crippen LogP contribution in [0.15, 0.2) is 107 Å². The highest BCUT2D eigenvalue weighted by atomic mass is 32.2. The smallest absolute Gasteiger partial charge is 0.267 e. The third-order valence-corrected chi connectivity index (χ3v) is 6.86. The Morgan fingerprint density at radius 1 is 0.794 bits per heavy atom. The first-order valence-electron chi connectivity index (χ1n) is 11.1.